The molecule has 1 aromatic rings. The maximum atomic E-state index is 5.89. The second-order valence-electron chi connectivity index (χ2n) is 3.96. The van der Waals surface area contributed by atoms with Crippen LogP contribution in [0.3, 0.4) is 0 Å². The first-order valence-electron chi connectivity index (χ1n) is 5.86. The molecule has 1 aliphatic heterocycles. The van der Waals surface area contributed by atoms with Gasteiger partial charge in [0, 0.05) is 37.6 Å². The van der Waals surface area contributed by atoms with Crippen molar-refractivity contribution in [2.45, 2.75) is 0 Å². The second-order valence-corrected chi connectivity index (χ2v) is 3.96. The normalized spacial score (nSPS) is 18.2. The zero-order valence-electron chi connectivity index (χ0n) is 9.88. The molecule has 0 bridgehead atoms. The maximum Gasteiger partial charge on any atom is 0.125 e. The number of hydrogen-bond acceptors (Lipinski definition) is 4. The molecule has 92 valence electrons. The molecule has 2 rings (SSSR count). The lowest BCUT2D eigenvalue weighted by Crippen LogP contribution is -2.38. The van der Waals surface area contributed by atoms with Crippen molar-refractivity contribution in [3.63, 3.8) is 0 Å². The number of morpholine rings is 1. The van der Waals surface area contributed by atoms with Crippen LogP contribution in [0.15, 0.2) is 29.5 Å². The van der Waals surface area contributed by atoms with Gasteiger partial charge in [0.2, 0.25) is 0 Å². The van der Waals surface area contributed by atoms with E-state index in [9.17, 15) is 0 Å². The molecule has 2 N–H and O–H groups in total. The van der Waals surface area contributed by atoms with Gasteiger partial charge in [0.05, 0.1) is 19.8 Å². The van der Waals surface area contributed by atoms with Crippen LogP contribution in [0.2, 0.25) is 0 Å². The molecule has 0 unspecified atom stereocenters. The summed E-state index contributed by atoms with van der Waals surface area (Å²) < 4.78 is 5.29. The molecular formula is C12H18N4O. The van der Waals surface area contributed by atoms with Crippen molar-refractivity contribution in [3.05, 3.63) is 30.1 Å². The minimum Gasteiger partial charge on any atom is -0.384 e. The van der Waals surface area contributed by atoms with Gasteiger partial charge in [0.1, 0.15) is 5.84 Å². The summed E-state index contributed by atoms with van der Waals surface area (Å²) in [6.07, 6.45) is 3.44. The van der Waals surface area contributed by atoms with E-state index in [1.165, 1.54) is 0 Å². The molecule has 0 aliphatic carbocycles. The number of amidine groups is 1. The molecule has 2 heterocycles. The maximum absolute atomic E-state index is 5.89. The number of aliphatic imine (C=N–C) groups is 1. The van der Waals surface area contributed by atoms with Crippen molar-refractivity contribution in [2.24, 2.45) is 10.7 Å². The molecule has 1 saturated heterocycles. The highest BCUT2D eigenvalue weighted by Crippen LogP contribution is 1.98. The van der Waals surface area contributed by atoms with Gasteiger partial charge in [0.15, 0.2) is 0 Å². The quantitative estimate of drug-likeness (QED) is 0.593. The summed E-state index contributed by atoms with van der Waals surface area (Å²) in [6.45, 7) is 5.30. The average molecular weight is 234 g/mol. The third-order valence-electron chi connectivity index (χ3n) is 2.78. The zero-order valence-corrected chi connectivity index (χ0v) is 9.88. The van der Waals surface area contributed by atoms with E-state index in [-0.39, 0.29) is 0 Å². The summed E-state index contributed by atoms with van der Waals surface area (Å²) in [4.78, 5) is 10.7. The van der Waals surface area contributed by atoms with Gasteiger partial charge in [0.25, 0.3) is 0 Å². The molecule has 0 aromatic carbocycles. The lowest BCUT2D eigenvalue weighted by Gasteiger charge is -2.25. The molecule has 0 spiro atoms. The fourth-order valence-corrected chi connectivity index (χ4v) is 1.75. The summed E-state index contributed by atoms with van der Waals surface area (Å²) in [6, 6.07) is 3.74. The van der Waals surface area contributed by atoms with Crippen LogP contribution in [-0.2, 0) is 4.74 Å². The third-order valence-corrected chi connectivity index (χ3v) is 2.78. The van der Waals surface area contributed by atoms with E-state index in [1.54, 1.807) is 12.4 Å². The summed E-state index contributed by atoms with van der Waals surface area (Å²) in [5.41, 5.74) is 6.82. The molecule has 17 heavy (non-hydrogen) atoms. The number of nitrogens with zero attached hydrogens (tertiary/aromatic N) is 3. The van der Waals surface area contributed by atoms with E-state index in [1.807, 2.05) is 12.1 Å². The lowest BCUT2D eigenvalue weighted by molar-refractivity contribution is 0.0394. The van der Waals surface area contributed by atoms with Crippen molar-refractivity contribution in [1.29, 1.82) is 0 Å². The summed E-state index contributed by atoms with van der Waals surface area (Å²) in [5.74, 6) is 0.584. The first kappa shape index (κ1) is 12.0. The fourth-order valence-electron chi connectivity index (χ4n) is 1.75. The summed E-state index contributed by atoms with van der Waals surface area (Å²) >= 11 is 0. The van der Waals surface area contributed by atoms with Crippen LogP contribution in [0.5, 0.6) is 0 Å². The Morgan fingerprint density at radius 1 is 1.35 bits per heavy atom. The molecule has 0 amide bonds. The smallest absolute Gasteiger partial charge is 0.125 e. The third kappa shape index (κ3) is 3.80. The predicted molar refractivity (Wildman–Crippen MR) is 67.1 cm³/mol. The molecule has 5 nitrogen and oxygen atoms in total. The van der Waals surface area contributed by atoms with Crippen LogP contribution in [0.25, 0.3) is 0 Å². The SMILES string of the molecule is NC(=NCCN1CCOCC1)c1ccncc1. The second kappa shape index (κ2) is 6.32. The molecule has 0 saturated carbocycles. The minimum absolute atomic E-state index is 0.584. The van der Waals surface area contributed by atoms with E-state index in [4.69, 9.17) is 10.5 Å². The molecular weight excluding hydrogens is 216 g/mol. The lowest BCUT2D eigenvalue weighted by atomic mass is 10.2. The van der Waals surface area contributed by atoms with Gasteiger partial charge in [-0.25, -0.2) is 0 Å². The highest BCUT2D eigenvalue weighted by atomic mass is 16.5. The number of hydrogen-bond donors (Lipinski definition) is 1. The molecule has 5 heteroatoms. The van der Waals surface area contributed by atoms with E-state index < -0.39 is 0 Å². The molecule has 0 radical (unpaired) electrons. The van der Waals surface area contributed by atoms with Gasteiger partial charge in [-0.1, -0.05) is 0 Å². The van der Waals surface area contributed by atoms with Gasteiger partial charge in [-0.3, -0.25) is 14.9 Å². The Hall–Kier alpha value is -1.46. The van der Waals surface area contributed by atoms with E-state index in [2.05, 4.69) is 14.9 Å². The standard InChI is InChI=1S/C12H18N4O/c13-12(11-1-3-14-4-2-11)15-5-6-16-7-9-17-10-8-16/h1-4H,5-10H2,(H2,13,15). The highest BCUT2D eigenvalue weighted by molar-refractivity contribution is 5.97. The number of pyridine rings is 1. The van der Waals surface area contributed by atoms with Crippen molar-refractivity contribution in [3.8, 4) is 0 Å². The van der Waals surface area contributed by atoms with Crippen LogP contribution in [0.1, 0.15) is 5.56 Å². The topological polar surface area (TPSA) is 63.7 Å². The Morgan fingerprint density at radius 3 is 2.76 bits per heavy atom. The van der Waals surface area contributed by atoms with E-state index in [0.717, 1.165) is 45.0 Å². The van der Waals surface area contributed by atoms with Crippen molar-refractivity contribution in [2.75, 3.05) is 39.4 Å². The van der Waals surface area contributed by atoms with Gasteiger partial charge >= 0.3 is 0 Å². The molecule has 1 fully saturated rings. The van der Waals surface area contributed by atoms with Crippen LogP contribution >= 0.6 is 0 Å². The fraction of sp³-hybridized carbons (Fsp3) is 0.500. The van der Waals surface area contributed by atoms with Crippen molar-refractivity contribution >= 4 is 5.84 Å². The Kier molecular flexibility index (Phi) is 4.46. The Morgan fingerprint density at radius 2 is 2.06 bits per heavy atom. The largest absolute Gasteiger partial charge is 0.384 e. The first-order chi connectivity index (χ1) is 8.36. The van der Waals surface area contributed by atoms with Gasteiger partial charge in [-0.15, -0.1) is 0 Å². The first-order valence-corrected chi connectivity index (χ1v) is 5.86. The van der Waals surface area contributed by atoms with Crippen LogP contribution in [0.4, 0.5) is 0 Å². The van der Waals surface area contributed by atoms with Crippen molar-refractivity contribution < 1.29 is 4.74 Å². The summed E-state index contributed by atoms with van der Waals surface area (Å²) in [7, 11) is 0. The number of rotatable bonds is 4. The number of aromatic nitrogens is 1. The molecule has 0 atom stereocenters. The molecule has 1 aliphatic rings. The van der Waals surface area contributed by atoms with E-state index in [0.29, 0.717) is 5.84 Å². The van der Waals surface area contributed by atoms with Crippen molar-refractivity contribution in [1.82, 2.24) is 9.88 Å². The van der Waals surface area contributed by atoms with Crippen LogP contribution in [0, 0.1) is 0 Å². The van der Waals surface area contributed by atoms with Gasteiger partial charge in [-0.05, 0) is 12.1 Å². The van der Waals surface area contributed by atoms with Gasteiger partial charge in [-0.2, -0.15) is 0 Å². The number of ether oxygens (including phenoxy) is 1. The Balaban J connectivity index is 1.80. The highest BCUT2D eigenvalue weighted by Gasteiger charge is 2.08. The minimum atomic E-state index is 0.584. The van der Waals surface area contributed by atoms with Crippen LogP contribution < -0.4 is 5.73 Å². The Bertz CT molecular complexity index is 360. The average Bonchev–Trinajstić information content (AvgIpc) is 2.41. The van der Waals surface area contributed by atoms with Gasteiger partial charge < -0.3 is 10.5 Å². The van der Waals surface area contributed by atoms with E-state index >= 15 is 0 Å². The predicted octanol–water partition coefficient (Wildman–Crippen LogP) is 0.119. The zero-order chi connectivity index (χ0) is 11.9. The van der Waals surface area contributed by atoms with Crippen LogP contribution in [-0.4, -0.2) is 55.1 Å². The monoisotopic (exact) mass is 234 g/mol. The Labute approximate surface area is 101 Å². The molecule has 1 aromatic heterocycles. The summed E-state index contributed by atoms with van der Waals surface area (Å²) in [5, 5.41) is 0. The number of nitrogens with two attached hydrogens (primary N) is 1.